The summed E-state index contributed by atoms with van der Waals surface area (Å²) in [5.41, 5.74) is 0. The topological polar surface area (TPSA) is 52.7 Å². The highest BCUT2D eigenvalue weighted by Gasteiger charge is 2.33. The average Bonchev–Trinajstić information content (AvgIpc) is 3.07. The zero-order valence-electron chi connectivity index (χ0n) is 32.2. The number of nitrogens with one attached hydrogen (secondary N) is 1. The van der Waals surface area contributed by atoms with E-state index in [1.165, 1.54) is 193 Å². The summed E-state index contributed by atoms with van der Waals surface area (Å²) < 4.78 is 0. The van der Waals surface area contributed by atoms with Gasteiger partial charge in [-0.2, -0.15) is 0 Å². The molecule has 0 aliphatic carbocycles. The van der Waals surface area contributed by atoms with Crippen LogP contribution in [0.4, 0.5) is 4.79 Å². The quantitative estimate of drug-likeness (QED) is 0.0674. The molecule has 1 aliphatic heterocycles. The number of urea groups is 1. The van der Waals surface area contributed by atoms with Gasteiger partial charge in [-0.15, -0.1) is 0 Å². The van der Waals surface area contributed by atoms with E-state index in [2.05, 4.69) is 19.2 Å². The first kappa shape index (κ1) is 43.8. The molecular formula is C42H83N3O2. The zero-order valence-corrected chi connectivity index (χ0v) is 32.2. The van der Waals surface area contributed by atoms with Crippen molar-refractivity contribution in [3.63, 3.8) is 0 Å². The average molecular weight is 662 g/mol. The van der Waals surface area contributed by atoms with Crippen molar-refractivity contribution in [1.82, 2.24) is 15.1 Å². The second kappa shape index (κ2) is 33.2. The summed E-state index contributed by atoms with van der Waals surface area (Å²) in [5.74, 6) is 0.228. The largest absolute Gasteiger partial charge is 0.346 e. The van der Waals surface area contributed by atoms with E-state index in [0.29, 0.717) is 13.0 Å². The summed E-state index contributed by atoms with van der Waals surface area (Å²) in [5, 5.41) is 3.07. The van der Waals surface area contributed by atoms with Gasteiger partial charge in [0, 0.05) is 26.6 Å². The molecule has 5 nitrogen and oxygen atoms in total. The smallest absolute Gasteiger partial charge is 0.320 e. The van der Waals surface area contributed by atoms with Gasteiger partial charge in [-0.25, -0.2) is 4.79 Å². The van der Waals surface area contributed by atoms with E-state index in [0.717, 1.165) is 25.8 Å². The molecule has 1 N–H and O–H groups in total. The summed E-state index contributed by atoms with van der Waals surface area (Å²) in [7, 11) is 1.95. The molecule has 1 fully saturated rings. The Hall–Kier alpha value is -1.26. The maximum Gasteiger partial charge on any atom is 0.320 e. The number of carbonyl (C=O) groups is 2. The van der Waals surface area contributed by atoms with E-state index in [4.69, 9.17) is 0 Å². The fourth-order valence-corrected chi connectivity index (χ4v) is 7.19. The second-order valence-corrected chi connectivity index (χ2v) is 15.1. The number of nitrogens with zero attached hydrogens (tertiary/aromatic N) is 2. The normalized spacial score (nSPS) is 14.4. The Bertz CT molecular complexity index is 699. The predicted octanol–water partition coefficient (Wildman–Crippen LogP) is 13.1. The van der Waals surface area contributed by atoms with Crippen LogP contribution < -0.4 is 5.32 Å². The first-order valence-corrected chi connectivity index (χ1v) is 21.4. The van der Waals surface area contributed by atoms with Crippen LogP contribution in [0.3, 0.4) is 0 Å². The van der Waals surface area contributed by atoms with E-state index < -0.39 is 0 Å². The van der Waals surface area contributed by atoms with Crippen molar-refractivity contribution in [3.05, 3.63) is 0 Å². The molecule has 1 unspecified atom stereocenters. The van der Waals surface area contributed by atoms with E-state index >= 15 is 0 Å². The maximum absolute atomic E-state index is 12.6. The van der Waals surface area contributed by atoms with Crippen LogP contribution in [0.2, 0.25) is 0 Å². The van der Waals surface area contributed by atoms with Crippen LogP contribution in [0, 0.1) is 0 Å². The molecule has 3 amide bonds. The van der Waals surface area contributed by atoms with Crippen LogP contribution in [-0.2, 0) is 4.79 Å². The third kappa shape index (κ3) is 26.3. The second-order valence-electron chi connectivity index (χ2n) is 15.1. The molecule has 278 valence electrons. The van der Waals surface area contributed by atoms with Gasteiger partial charge in [0.1, 0.15) is 6.17 Å². The molecule has 1 heterocycles. The molecule has 1 atom stereocenters. The molecule has 5 heteroatoms. The lowest BCUT2D eigenvalue weighted by Gasteiger charge is -2.42. The minimum atomic E-state index is 0.0462. The van der Waals surface area contributed by atoms with Crippen molar-refractivity contribution in [1.29, 1.82) is 0 Å². The Kier molecular flexibility index (Phi) is 31.0. The zero-order chi connectivity index (χ0) is 34.0. The first-order valence-electron chi connectivity index (χ1n) is 21.4. The number of hydrogen-bond acceptors (Lipinski definition) is 2. The number of unbranched alkanes of at least 4 members (excludes halogenated alkanes) is 29. The van der Waals surface area contributed by atoms with E-state index in [1.807, 2.05) is 16.8 Å². The molecule has 0 aromatic rings. The van der Waals surface area contributed by atoms with Crippen molar-refractivity contribution in [3.8, 4) is 0 Å². The number of carbonyl (C=O) groups excluding carboxylic acids is 2. The number of hydrogen-bond donors (Lipinski definition) is 1. The van der Waals surface area contributed by atoms with Crippen molar-refractivity contribution in [2.45, 2.75) is 238 Å². The molecule has 0 aromatic carbocycles. The lowest BCUT2D eigenvalue weighted by molar-refractivity contribution is -0.130. The minimum absolute atomic E-state index is 0.0462. The Morgan fingerprint density at radius 1 is 0.532 bits per heavy atom. The molecule has 0 aromatic heterocycles. The highest BCUT2D eigenvalue weighted by atomic mass is 16.2. The van der Waals surface area contributed by atoms with E-state index in [-0.39, 0.29) is 18.1 Å². The van der Waals surface area contributed by atoms with Gasteiger partial charge in [-0.1, -0.05) is 200 Å². The summed E-state index contributed by atoms with van der Waals surface area (Å²) in [6, 6.07) is 0.0462. The van der Waals surface area contributed by atoms with Crippen LogP contribution in [0.1, 0.15) is 232 Å². The predicted molar refractivity (Wildman–Crippen MR) is 205 cm³/mol. The number of amides is 3. The van der Waals surface area contributed by atoms with Crippen LogP contribution >= 0.6 is 0 Å². The molecule has 0 spiro atoms. The van der Waals surface area contributed by atoms with Crippen molar-refractivity contribution < 1.29 is 9.59 Å². The van der Waals surface area contributed by atoms with Gasteiger partial charge in [-0.3, -0.25) is 4.79 Å². The van der Waals surface area contributed by atoms with Crippen LogP contribution in [0.5, 0.6) is 0 Å². The molecular weight excluding hydrogens is 578 g/mol. The van der Waals surface area contributed by atoms with Crippen LogP contribution in [-0.4, -0.2) is 48.0 Å². The highest BCUT2D eigenvalue weighted by Crippen LogP contribution is 2.19. The lowest BCUT2D eigenvalue weighted by atomic mass is 10.0. The molecule has 1 saturated heterocycles. The molecule has 0 radical (unpaired) electrons. The Morgan fingerprint density at radius 3 is 1.23 bits per heavy atom. The van der Waals surface area contributed by atoms with Crippen molar-refractivity contribution in [2.24, 2.45) is 0 Å². The Balaban J connectivity index is 1.88. The van der Waals surface area contributed by atoms with Crippen LogP contribution in [0.15, 0.2) is 0 Å². The fourth-order valence-electron chi connectivity index (χ4n) is 7.19. The standard InChI is InChI=1S/C42H83N3O2/c1-4-6-8-10-12-14-16-18-20-22-24-26-28-30-32-34-38-44(3)41(46)37-35-39-45-40(43-42(45)47)36-33-31-29-27-25-23-21-19-17-15-13-11-9-7-5-2/h40H,4-39H2,1-3H3,(H,43,47). The van der Waals surface area contributed by atoms with Crippen LogP contribution in [0.25, 0.3) is 0 Å². The van der Waals surface area contributed by atoms with Gasteiger partial charge in [0.05, 0.1) is 0 Å². The van der Waals surface area contributed by atoms with E-state index in [1.54, 1.807) is 0 Å². The van der Waals surface area contributed by atoms with Gasteiger partial charge in [0.25, 0.3) is 0 Å². The summed E-state index contributed by atoms with van der Waals surface area (Å²) in [4.78, 5) is 28.6. The van der Waals surface area contributed by atoms with Gasteiger partial charge in [0.2, 0.25) is 5.91 Å². The third-order valence-corrected chi connectivity index (χ3v) is 10.6. The Morgan fingerprint density at radius 2 is 0.872 bits per heavy atom. The fraction of sp³-hybridized carbons (Fsp3) is 0.952. The Labute approximate surface area is 294 Å². The van der Waals surface area contributed by atoms with Gasteiger partial charge in [-0.05, 0) is 25.7 Å². The van der Waals surface area contributed by atoms with Gasteiger partial charge >= 0.3 is 6.03 Å². The van der Waals surface area contributed by atoms with E-state index in [9.17, 15) is 9.59 Å². The monoisotopic (exact) mass is 662 g/mol. The minimum Gasteiger partial charge on any atom is -0.346 e. The summed E-state index contributed by atoms with van der Waals surface area (Å²) in [6.07, 6.45) is 45.1. The first-order chi connectivity index (χ1) is 23.1. The third-order valence-electron chi connectivity index (χ3n) is 10.6. The SMILES string of the molecule is CCCCCCCCCCCCCCCCCCN(C)C(=O)CCCN1C(=O)NC1CCCCCCCCCCCCCCCCC. The van der Waals surface area contributed by atoms with Crippen molar-refractivity contribution >= 4 is 11.9 Å². The highest BCUT2D eigenvalue weighted by molar-refractivity contribution is 5.80. The molecule has 1 aliphatic rings. The summed E-state index contributed by atoms with van der Waals surface area (Å²) in [6.45, 7) is 6.14. The molecule has 1 rings (SSSR count). The molecule has 0 saturated carbocycles. The van der Waals surface area contributed by atoms with Gasteiger partial charge < -0.3 is 15.1 Å². The lowest BCUT2D eigenvalue weighted by Crippen LogP contribution is -2.65. The van der Waals surface area contributed by atoms with Gasteiger partial charge in [0.15, 0.2) is 0 Å². The molecule has 0 bridgehead atoms. The number of rotatable bonds is 37. The summed E-state index contributed by atoms with van der Waals surface area (Å²) >= 11 is 0. The molecule has 47 heavy (non-hydrogen) atoms. The maximum atomic E-state index is 12.6. The van der Waals surface area contributed by atoms with Crippen molar-refractivity contribution in [2.75, 3.05) is 20.1 Å².